The summed E-state index contributed by atoms with van der Waals surface area (Å²) in [6, 6.07) is 5.46. The molecule has 3 aromatic rings. The van der Waals surface area contributed by atoms with Gasteiger partial charge in [0.25, 0.3) is 0 Å². The Bertz CT molecular complexity index is 1720. The number of hydrogen-bond acceptors (Lipinski definition) is 7. The normalized spacial score (nSPS) is 24.7. The zero-order valence-electron chi connectivity index (χ0n) is 27.4. The van der Waals surface area contributed by atoms with E-state index in [1.807, 2.05) is 62.6 Å². The zero-order valence-corrected chi connectivity index (χ0v) is 28.2. The number of rotatable bonds is 11. The highest BCUT2D eigenvalue weighted by molar-refractivity contribution is 7.17. The first-order valence-corrected chi connectivity index (χ1v) is 17.4. The van der Waals surface area contributed by atoms with Crippen molar-refractivity contribution >= 4 is 45.1 Å². The van der Waals surface area contributed by atoms with E-state index in [1.54, 1.807) is 27.3 Å². The number of aromatic nitrogens is 3. The molecular weight excluding hydrogens is 614 g/mol. The SMILES string of the molecule is CC[C@H](C)[C@@H](C(=O)N[C@H]1CCC2=CC=CC3(C)C[C@@H](C(=O)NCc4cn[nH]n4)N(C1=O)C23)N(CC)C(=O)Cc1csc2ccccc12. The lowest BCUT2D eigenvalue weighted by molar-refractivity contribution is -0.145. The topological polar surface area (TPSA) is 140 Å². The molecular formula is C35H43N7O4S. The lowest BCUT2D eigenvalue weighted by Crippen LogP contribution is -2.59. The van der Waals surface area contributed by atoms with Gasteiger partial charge in [0.1, 0.15) is 23.8 Å². The molecule has 3 N–H and O–H groups in total. The van der Waals surface area contributed by atoms with Crippen LogP contribution in [0.2, 0.25) is 0 Å². The first-order chi connectivity index (χ1) is 22.6. The number of benzene rings is 1. The van der Waals surface area contributed by atoms with Crippen molar-refractivity contribution in [2.24, 2.45) is 11.3 Å². The molecule has 0 spiro atoms. The molecule has 6 atom stereocenters. The maximum atomic E-state index is 14.4. The molecule has 1 aliphatic carbocycles. The van der Waals surface area contributed by atoms with Gasteiger partial charge < -0.3 is 20.4 Å². The van der Waals surface area contributed by atoms with Crippen LogP contribution in [0.3, 0.4) is 0 Å². The van der Waals surface area contributed by atoms with Crippen molar-refractivity contribution < 1.29 is 19.2 Å². The Morgan fingerprint density at radius 1 is 1.23 bits per heavy atom. The first kappa shape index (κ1) is 32.6. The molecule has 2 unspecified atom stereocenters. The van der Waals surface area contributed by atoms with Crippen LogP contribution in [0.5, 0.6) is 0 Å². The smallest absolute Gasteiger partial charge is 0.246 e. The van der Waals surface area contributed by atoms with Gasteiger partial charge in [0.05, 0.1) is 25.2 Å². The summed E-state index contributed by atoms with van der Waals surface area (Å²) in [6.07, 6.45) is 10.1. The van der Waals surface area contributed by atoms with Crippen LogP contribution in [0.25, 0.3) is 10.1 Å². The molecule has 0 radical (unpaired) electrons. The zero-order chi connectivity index (χ0) is 33.3. The monoisotopic (exact) mass is 657 g/mol. The maximum absolute atomic E-state index is 14.4. The van der Waals surface area contributed by atoms with E-state index in [1.165, 1.54) is 0 Å². The minimum atomic E-state index is -0.830. The van der Waals surface area contributed by atoms with Crippen LogP contribution in [0.4, 0.5) is 0 Å². The summed E-state index contributed by atoms with van der Waals surface area (Å²) in [5.74, 6) is -1.13. The van der Waals surface area contributed by atoms with Crippen molar-refractivity contribution in [3.8, 4) is 0 Å². The molecule has 11 nitrogen and oxygen atoms in total. The van der Waals surface area contributed by atoms with E-state index in [-0.39, 0.29) is 48.6 Å². The van der Waals surface area contributed by atoms with E-state index in [4.69, 9.17) is 0 Å². The van der Waals surface area contributed by atoms with E-state index in [2.05, 4.69) is 39.0 Å². The Morgan fingerprint density at radius 3 is 2.79 bits per heavy atom. The first-order valence-electron chi connectivity index (χ1n) is 16.5. The van der Waals surface area contributed by atoms with Gasteiger partial charge in [-0.3, -0.25) is 19.2 Å². The van der Waals surface area contributed by atoms with Gasteiger partial charge in [0, 0.05) is 16.7 Å². The molecule has 2 saturated heterocycles. The summed E-state index contributed by atoms with van der Waals surface area (Å²) in [7, 11) is 0. The van der Waals surface area contributed by atoms with Crippen LogP contribution in [0.1, 0.15) is 64.6 Å². The highest BCUT2D eigenvalue weighted by atomic mass is 32.1. The average molecular weight is 658 g/mol. The number of allylic oxidation sites excluding steroid dienone is 2. The average Bonchev–Trinajstić information content (AvgIpc) is 3.79. The number of nitrogens with zero attached hydrogens (tertiary/aromatic N) is 4. The van der Waals surface area contributed by atoms with Crippen LogP contribution in [-0.2, 0) is 32.1 Å². The lowest BCUT2D eigenvalue weighted by Gasteiger charge is -2.37. The van der Waals surface area contributed by atoms with Crippen molar-refractivity contribution in [1.29, 1.82) is 0 Å². The lowest BCUT2D eigenvalue weighted by atomic mass is 9.74. The van der Waals surface area contributed by atoms with Gasteiger partial charge in [0.15, 0.2) is 0 Å². The fourth-order valence-corrected chi connectivity index (χ4v) is 8.56. The number of carbonyl (C=O) groups is 4. The third-order valence-electron chi connectivity index (χ3n) is 10.2. The van der Waals surface area contributed by atoms with Gasteiger partial charge in [-0.2, -0.15) is 15.4 Å². The van der Waals surface area contributed by atoms with Crippen molar-refractivity contribution in [2.45, 2.75) is 90.5 Å². The van der Waals surface area contributed by atoms with Crippen molar-refractivity contribution in [3.05, 3.63) is 70.9 Å². The second-order valence-corrected chi connectivity index (χ2v) is 14.1. The van der Waals surface area contributed by atoms with Crippen molar-refractivity contribution in [1.82, 2.24) is 35.8 Å². The fraction of sp³-hybridized carbons (Fsp3) is 0.486. The van der Waals surface area contributed by atoms with E-state index in [9.17, 15) is 19.2 Å². The Balaban J connectivity index is 1.23. The highest BCUT2D eigenvalue weighted by Crippen LogP contribution is 2.49. The number of hydrogen-bond donors (Lipinski definition) is 3. The third-order valence-corrected chi connectivity index (χ3v) is 11.2. The molecule has 1 aromatic carbocycles. The summed E-state index contributed by atoms with van der Waals surface area (Å²) in [5.41, 5.74) is 2.21. The van der Waals surface area contributed by atoms with Crippen LogP contribution in [-0.4, -0.2) is 79.6 Å². The van der Waals surface area contributed by atoms with Crippen LogP contribution >= 0.6 is 11.3 Å². The molecule has 47 heavy (non-hydrogen) atoms. The Morgan fingerprint density at radius 2 is 2.04 bits per heavy atom. The standard InChI is InChI=1S/C35H43N7O4S/c1-5-21(3)30(41(6-2)29(43)16-23-20-47-28-12-8-7-11-25(23)28)33(45)38-26-14-13-22-10-9-15-35(4)17-27(42(31(22)35)34(26)46)32(44)36-18-24-19-37-40-39-24/h7-12,15,19-21,26-27,30-31H,5-6,13-14,16-18H2,1-4H3,(H,36,44)(H,38,45)(H,37,39,40)/t21-,26-,27-,30-,31?,35?/m0/s1. The minimum absolute atomic E-state index is 0.120. The molecule has 3 aliphatic rings. The Labute approximate surface area is 278 Å². The number of thiophene rings is 1. The van der Waals surface area contributed by atoms with Crippen LogP contribution in [0.15, 0.2) is 59.6 Å². The van der Waals surface area contributed by atoms with Gasteiger partial charge in [-0.25, -0.2) is 0 Å². The summed E-state index contributed by atoms with van der Waals surface area (Å²) in [5, 5.41) is 19.4. The molecule has 248 valence electrons. The summed E-state index contributed by atoms with van der Waals surface area (Å²) < 4.78 is 1.12. The number of fused-ring (bicyclic) bond motifs is 1. The second kappa shape index (κ2) is 13.4. The molecule has 0 saturated carbocycles. The number of H-pyrrole nitrogens is 1. The van der Waals surface area contributed by atoms with Crippen LogP contribution in [0, 0.1) is 11.3 Å². The molecule has 4 amide bonds. The summed E-state index contributed by atoms with van der Waals surface area (Å²) in [4.78, 5) is 59.5. The van der Waals surface area contributed by atoms with Gasteiger partial charge in [-0.05, 0) is 60.1 Å². The highest BCUT2D eigenvalue weighted by Gasteiger charge is 2.56. The van der Waals surface area contributed by atoms with E-state index >= 15 is 0 Å². The molecule has 2 fully saturated rings. The number of amides is 4. The van der Waals surface area contributed by atoms with E-state index < -0.39 is 23.5 Å². The predicted molar refractivity (Wildman–Crippen MR) is 180 cm³/mol. The van der Waals surface area contributed by atoms with E-state index in [0.717, 1.165) is 21.2 Å². The molecule has 4 heterocycles. The maximum Gasteiger partial charge on any atom is 0.246 e. The minimum Gasteiger partial charge on any atom is -0.349 e. The molecule has 2 aromatic heterocycles. The molecule has 0 bridgehead atoms. The quantitative estimate of drug-likeness (QED) is 0.286. The Hall–Kier alpha value is -4.32. The summed E-state index contributed by atoms with van der Waals surface area (Å²) in [6.45, 7) is 8.50. The number of aromatic amines is 1. The molecule has 12 heteroatoms. The van der Waals surface area contributed by atoms with Crippen molar-refractivity contribution in [2.75, 3.05) is 6.54 Å². The fourth-order valence-electron chi connectivity index (χ4n) is 7.59. The number of carbonyl (C=O) groups excluding carboxylic acids is 4. The number of likely N-dealkylation sites (N-methyl/N-ethyl adjacent to an activating group) is 1. The van der Waals surface area contributed by atoms with Gasteiger partial charge >= 0.3 is 0 Å². The van der Waals surface area contributed by atoms with Gasteiger partial charge in [0.2, 0.25) is 23.6 Å². The van der Waals surface area contributed by atoms with Gasteiger partial charge in [-0.1, -0.05) is 63.6 Å². The Kier molecular flexibility index (Phi) is 9.32. The van der Waals surface area contributed by atoms with Crippen molar-refractivity contribution in [3.63, 3.8) is 0 Å². The summed E-state index contributed by atoms with van der Waals surface area (Å²) >= 11 is 1.61. The molecule has 6 rings (SSSR count). The largest absolute Gasteiger partial charge is 0.349 e. The number of nitrogens with one attached hydrogen (secondary N) is 3. The van der Waals surface area contributed by atoms with E-state index in [0.29, 0.717) is 37.9 Å². The molecule has 2 aliphatic heterocycles. The third kappa shape index (κ3) is 6.22. The van der Waals surface area contributed by atoms with Gasteiger partial charge in [-0.15, -0.1) is 11.3 Å². The second-order valence-electron chi connectivity index (χ2n) is 13.2. The van der Waals surface area contributed by atoms with Crippen LogP contribution < -0.4 is 10.6 Å². The predicted octanol–water partition coefficient (Wildman–Crippen LogP) is 3.89.